The molecule has 0 amide bonds. The second-order valence-electron chi connectivity index (χ2n) is 9.04. The number of hydrogen-bond donors (Lipinski definition) is 0. The van der Waals surface area contributed by atoms with Crippen molar-refractivity contribution in [1.29, 1.82) is 0 Å². The van der Waals surface area contributed by atoms with Crippen LogP contribution in [0.5, 0.6) is 0 Å². The van der Waals surface area contributed by atoms with Crippen LogP contribution in [0.3, 0.4) is 0 Å². The maximum atomic E-state index is 2.50. The number of rotatable bonds is 6. The van der Waals surface area contributed by atoms with Gasteiger partial charge in [0.05, 0.1) is 0 Å². The Labute approximate surface area is 216 Å². The Kier molecular flexibility index (Phi) is 6.65. The highest BCUT2D eigenvalue weighted by atomic mass is 31.2. The molecule has 2 heteroatoms. The van der Waals surface area contributed by atoms with E-state index in [1.165, 1.54) is 42.8 Å². The van der Waals surface area contributed by atoms with Gasteiger partial charge in [-0.2, -0.15) is 0 Å². The molecule has 0 aromatic heterocycles. The van der Waals surface area contributed by atoms with Gasteiger partial charge in [-0.3, -0.25) is 0 Å². The van der Waals surface area contributed by atoms with E-state index in [1.54, 1.807) is 0 Å². The van der Waals surface area contributed by atoms with E-state index in [0.29, 0.717) is 5.40 Å². The van der Waals surface area contributed by atoms with E-state index in [1.807, 2.05) is 0 Å². The lowest BCUT2D eigenvalue weighted by atomic mass is 10.1. The Hall–Kier alpha value is -3.30. The molecule has 36 heavy (non-hydrogen) atoms. The summed E-state index contributed by atoms with van der Waals surface area (Å²) in [5.41, 5.74) is 0. The van der Waals surface area contributed by atoms with Crippen LogP contribution < -0.4 is 21.2 Å². The van der Waals surface area contributed by atoms with Crippen LogP contribution >= 0.6 is 15.8 Å². The summed E-state index contributed by atoms with van der Waals surface area (Å²) >= 11 is 0. The normalized spacial score (nSPS) is 13.9. The topological polar surface area (TPSA) is 0 Å². The lowest BCUT2D eigenvalue weighted by molar-refractivity contribution is 1.39. The Morgan fingerprint density at radius 3 is 1.19 bits per heavy atom. The smallest absolute Gasteiger partial charge is 0.0127 e. The SMILES string of the molecule is CC(P(c1ccccc1)c1cccc2ccccc12)P(c1ccccc1)c1cccc2ccccc12. The molecule has 0 aliphatic rings. The molecule has 174 valence electrons. The van der Waals surface area contributed by atoms with E-state index in [2.05, 4.69) is 153 Å². The van der Waals surface area contributed by atoms with Gasteiger partial charge >= 0.3 is 0 Å². The third-order valence-corrected chi connectivity index (χ3v) is 13.3. The van der Waals surface area contributed by atoms with Gasteiger partial charge in [-0.25, -0.2) is 0 Å². The molecule has 6 aromatic carbocycles. The molecule has 2 unspecified atom stereocenters. The minimum Gasteiger partial charge on any atom is -0.0622 e. The van der Waals surface area contributed by atoms with Crippen molar-refractivity contribution in [2.45, 2.75) is 12.3 Å². The Bertz CT molecular complexity index is 1480. The monoisotopic (exact) mass is 498 g/mol. The number of benzene rings is 6. The first-order chi connectivity index (χ1) is 17.8. The Morgan fingerprint density at radius 2 is 0.750 bits per heavy atom. The minimum atomic E-state index is -0.625. The van der Waals surface area contributed by atoms with Gasteiger partial charge in [-0.1, -0.05) is 153 Å². The summed E-state index contributed by atoms with van der Waals surface area (Å²) in [6, 6.07) is 53.9. The summed E-state index contributed by atoms with van der Waals surface area (Å²) in [7, 11) is -1.25. The molecule has 0 spiro atoms. The molecular weight excluding hydrogens is 470 g/mol. The Morgan fingerprint density at radius 1 is 0.389 bits per heavy atom. The van der Waals surface area contributed by atoms with Crippen LogP contribution in [0.4, 0.5) is 0 Å². The van der Waals surface area contributed by atoms with Crippen LogP contribution in [0.2, 0.25) is 0 Å². The average molecular weight is 499 g/mol. The van der Waals surface area contributed by atoms with Crippen LogP contribution in [0.15, 0.2) is 146 Å². The molecule has 0 saturated carbocycles. The summed E-state index contributed by atoms with van der Waals surface area (Å²) in [5.74, 6) is 0. The highest BCUT2D eigenvalue weighted by molar-refractivity contribution is 7.90. The highest BCUT2D eigenvalue weighted by Gasteiger charge is 2.32. The second kappa shape index (κ2) is 10.4. The molecule has 0 saturated heterocycles. The van der Waals surface area contributed by atoms with Crippen LogP contribution in [-0.4, -0.2) is 5.40 Å². The zero-order chi connectivity index (χ0) is 24.3. The molecule has 0 bridgehead atoms. The van der Waals surface area contributed by atoms with Crippen LogP contribution in [0, 0.1) is 0 Å². The fraction of sp³-hybridized carbons (Fsp3) is 0.0588. The van der Waals surface area contributed by atoms with E-state index >= 15 is 0 Å². The molecule has 0 heterocycles. The van der Waals surface area contributed by atoms with Crippen molar-refractivity contribution in [1.82, 2.24) is 0 Å². The van der Waals surface area contributed by atoms with Crippen LogP contribution in [0.25, 0.3) is 21.5 Å². The number of hydrogen-bond acceptors (Lipinski definition) is 0. The Balaban J connectivity index is 1.60. The summed E-state index contributed by atoms with van der Waals surface area (Å²) in [6.07, 6.45) is 0. The molecule has 0 radical (unpaired) electrons. The van der Waals surface area contributed by atoms with Crippen molar-refractivity contribution >= 4 is 58.6 Å². The van der Waals surface area contributed by atoms with Gasteiger partial charge in [-0.15, -0.1) is 0 Å². The van der Waals surface area contributed by atoms with Crippen molar-refractivity contribution in [3.8, 4) is 0 Å². The lowest BCUT2D eigenvalue weighted by Gasteiger charge is -2.34. The van der Waals surface area contributed by atoms with E-state index in [0.717, 1.165) is 0 Å². The van der Waals surface area contributed by atoms with Crippen LogP contribution in [-0.2, 0) is 0 Å². The quantitative estimate of drug-likeness (QED) is 0.205. The fourth-order valence-corrected chi connectivity index (χ4v) is 12.3. The third kappa shape index (κ3) is 4.37. The summed E-state index contributed by atoms with van der Waals surface area (Å²) in [6.45, 7) is 2.50. The summed E-state index contributed by atoms with van der Waals surface area (Å²) < 4.78 is 0. The maximum absolute atomic E-state index is 2.50. The van der Waals surface area contributed by atoms with Crippen LogP contribution in [0.1, 0.15) is 6.92 Å². The summed E-state index contributed by atoms with van der Waals surface area (Å²) in [5, 5.41) is 11.7. The third-order valence-electron chi connectivity index (χ3n) is 6.87. The van der Waals surface area contributed by atoms with Crippen molar-refractivity contribution in [2.75, 3.05) is 0 Å². The molecule has 6 rings (SSSR count). The molecule has 6 aromatic rings. The minimum absolute atomic E-state index is 0.441. The summed E-state index contributed by atoms with van der Waals surface area (Å²) in [4.78, 5) is 0. The predicted molar refractivity (Wildman–Crippen MR) is 163 cm³/mol. The standard InChI is InChI=1S/C34H28P2/c1-26(35(29-18-4-2-5-19-29)33-24-12-16-27-14-8-10-22-31(27)33)36(30-20-6-3-7-21-30)34-25-13-17-28-15-9-11-23-32(28)34/h2-26H,1H3. The first-order valence-electron chi connectivity index (χ1n) is 12.5. The molecule has 0 nitrogen and oxygen atoms in total. The first-order valence-corrected chi connectivity index (χ1v) is 15.3. The molecule has 2 atom stereocenters. The van der Waals surface area contributed by atoms with Crippen molar-refractivity contribution < 1.29 is 0 Å². The molecule has 0 aliphatic carbocycles. The van der Waals surface area contributed by atoms with Gasteiger partial charge in [0.15, 0.2) is 0 Å². The average Bonchev–Trinajstić information content (AvgIpc) is 2.95. The second-order valence-corrected chi connectivity index (χ2v) is 14.5. The maximum Gasteiger partial charge on any atom is 0.0127 e. The zero-order valence-corrected chi connectivity index (χ0v) is 22.1. The van der Waals surface area contributed by atoms with Gasteiger partial charge in [0.25, 0.3) is 0 Å². The fourth-order valence-electron chi connectivity index (χ4n) is 5.24. The van der Waals surface area contributed by atoms with Gasteiger partial charge in [0.1, 0.15) is 0 Å². The van der Waals surface area contributed by atoms with E-state index in [9.17, 15) is 0 Å². The van der Waals surface area contributed by atoms with Crippen molar-refractivity contribution in [3.63, 3.8) is 0 Å². The van der Waals surface area contributed by atoms with Gasteiger partial charge in [-0.05, 0) is 58.6 Å². The van der Waals surface area contributed by atoms with Crippen molar-refractivity contribution in [3.05, 3.63) is 146 Å². The van der Waals surface area contributed by atoms with Gasteiger partial charge < -0.3 is 0 Å². The first kappa shape index (κ1) is 23.1. The largest absolute Gasteiger partial charge is 0.0622 e. The molecule has 0 aliphatic heterocycles. The van der Waals surface area contributed by atoms with E-state index in [4.69, 9.17) is 0 Å². The predicted octanol–water partition coefficient (Wildman–Crippen LogP) is 7.90. The van der Waals surface area contributed by atoms with Gasteiger partial charge in [0, 0.05) is 5.40 Å². The van der Waals surface area contributed by atoms with Crippen molar-refractivity contribution in [2.24, 2.45) is 0 Å². The van der Waals surface area contributed by atoms with E-state index < -0.39 is 15.8 Å². The zero-order valence-electron chi connectivity index (χ0n) is 20.3. The molecule has 0 N–H and O–H groups in total. The highest BCUT2D eigenvalue weighted by Crippen LogP contribution is 2.57. The van der Waals surface area contributed by atoms with Gasteiger partial charge in [0.2, 0.25) is 0 Å². The number of fused-ring (bicyclic) bond motifs is 2. The van der Waals surface area contributed by atoms with E-state index in [-0.39, 0.29) is 0 Å². The molecule has 0 fully saturated rings. The molecular formula is C34H28P2. The lowest BCUT2D eigenvalue weighted by Crippen LogP contribution is -2.26.